The minimum absolute atomic E-state index is 0.235. The van der Waals surface area contributed by atoms with E-state index in [2.05, 4.69) is 25.6 Å². The topological polar surface area (TPSA) is 82.7 Å². The quantitative estimate of drug-likeness (QED) is 0.439. The molecule has 3 aromatic heterocycles. The molecular formula is C20H14F3N5O. The number of aromatic amines is 1. The number of H-pyrrole nitrogens is 1. The largest absolute Gasteiger partial charge is 0.416 e. The summed E-state index contributed by atoms with van der Waals surface area (Å²) in [5.41, 5.74) is 1.98. The van der Waals surface area contributed by atoms with Crippen molar-refractivity contribution >= 4 is 28.4 Å². The van der Waals surface area contributed by atoms with E-state index in [1.165, 1.54) is 12.1 Å². The highest BCUT2D eigenvalue weighted by Gasteiger charge is 2.30. The van der Waals surface area contributed by atoms with Crippen LogP contribution in [0, 0.1) is 0 Å². The van der Waals surface area contributed by atoms with Crippen LogP contribution in [0.5, 0.6) is 0 Å². The van der Waals surface area contributed by atoms with Crippen LogP contribution in [0.2, 0.25) is 0 Å². The molecule has 0 spiro atoms. The van der Waals surface area contributed by atoms with Crippen LogP contribution in [0.3, 0.4) is 0 Å². The van der Waals surface area contributed by atoms with E-state index in [9.17, 15) is 18.0 Å². The van der Waals surface area contributed by atoms with Gasteiger partial charge in [0, 0.05) is 29.8 Å². The third-order valence-electron chi connectivity index (χ3n) is 4.23. The minimum atomic E-state index is -4.43. The number of halogens is 3. The Bertz CT molecular complexity index is 1150. The number of hydrogen-bond donors (Lipinski definition) is 3. The Morgan fingerprint density at radius 3 is 2.41 bits per heavy atom. The molecule has 0 saturated carbocycles. The molecule has 0 aliphatic rings. The van der Waals surface area contributed by atoms with E-state index < -0.39 is 17.8 Å². The number of carbonyl (C=O) groups excluding carboxylic acids is 1. The highest BCUT2D eigenvalue weighted by molar-refractivity contribution is 6.09. The summed E-state index contributed by atoms with van der Waals surface area (Å²) in [5, 5.41) is 5.89. The van der Waals surface area contributed by atoms with Gasteiger partial charge in [-0.1, -0.05) is 6.07 Å². The van der Waals surface area contributed by atoms with Gasteiger partial charge in [-0.25, -0.2) is 9.78 Å². The molecule has 3 N–H and O–H groups in total. The van der Waals surface area contributed by atoms with Crippen LogP contribution >= 0.6 is 0 Å². The van der Waals surface area contributed by atoms with Gasteiger partial charge in [-0.3, -0.25) is 4.98 Å². The number of carbonyl (C=O) groups is 1. The molecule has 0 radical (unpaired) electrons. The summed E-state index contributed by atoms with van der Waals surface area (Å²) >= 11 is 0. The molecule has 0 aliphatic carbocycles. The predicted octanol–water partition coefficient (Wildman–Crippen LogP) is 5.29. The number of rotatable bonds is 3. The van der Waals surface area contributed by atoms with Crippen molar-refractivity contribution in [3.63, 3.8) is 0 Å². The maximum absolute atomic E-state index is 12.6. The Morgan fingerprint density at radius 1 is 0.931 bits per heavy atom. The SMILES string of the molecule is O=C(Nc1ccc(C(F)(F)F)cc1)Nc1c[nH]c2nccc(-c3ccccn3)c12. The second-order valence-electron chi connectivity index (χ2n) is 6.15. The fourth-order valence-electron chi connectivity index (χ4n) is 2.92. The molecule has 3 heterocycles. The van der Waals surface area contributed by atoms with Gasteiger partial charge < -0.3 is 15.6 Å². The second kappa shape index (κ2) is 7.27. The van der Waals surface area contributed by atoms with Crippen LogP contribution in [-0.4, -0.2) is 21.0 Å². The van der Waals surface area contributed by atoms with Crippen LogP contribution in [0.25, 0.3) is 22.3 Å². The lowest BCUT2D eigenvalue weighted by Gasteiger charge is -2.10. The summed E-state index contributed by atoms with van der Waals surface area (Å²) in [6, 6.07) is 10.9. The molecule has 0 unspecified atom stereocenters. The molecule has 4 rings (SSSR count). The molecular weight excluding hydrogens is 383 g/mol. The zero-order chi connectivity index (χ0) is 20.4. The molecule has 0 fully saturated rings. The Morgan fingerprint density at radius 2 is 1.72 bits per heavy atom. The smallest absolute Gasteiger partial charge is 0.344 e. The lowest BCUT2D eigenvalue weighted by Crippen LogP contribution is -2.19. The van der Waals surface area contributed by atoms with Crippen LogP contribution in [0.15, 0.2) is 67.1 Å². The highest BCUT2D eigenvalue weighted by Crippen LogP contribution is 2.32. The number of anilines is 2. The number of nitrogens with zero attached hydrogens (tertiary/aromatic N) is 2. The maximum Gasteiger partial charge on any atom is 0.416 e. The van der Waals surface area contributed by atoms with Crippen molar-refractivity contribution in [3.8, 4) is 11.3 Å². The van der Waals surface area contributed by atoms with Crippen LogP contribution in [0.4, 0.5) is 29.3 Å². The Kier molecular flexibility index (Phi) is 4.63. The molecule has 0 atom stereocenters. The number of urea groups is 1. The lowest BCUT2D eigenvalue weighted by molar-refractivity contribution is -0.137. The summed E-state index contributed by atoms with van der Waals surface area (Å²) in [6.45, 7) is 0. The van der Waals surface area contributed by atoms with Gasteiger partial charge in [0.15, 0.2) is 0 Å². The van der Waals surface area contributed by atoms with Crippen molar-refractivity contribution in [1.82, 2.24) is 15.0 Å². The summed E-state index contributed by atoms with van der Waals surface area (Å²) in [4.78, 5) is 23.9. The Labute approximate surface area is 162 Å². The average Bonchev–Trinajstić information content (AvgIpc) is 3.11. The summed E-state index contributed by atoms with van der Waals surface area (Å²) in [6.07, 6.45) is 0.462. The Hall–Kier alpha value is -3.88. The first-order chi connectivity index (χ1) is 13.9. The van der Waals surface area contributed by atoms with Crippen molar-refractivity contribution in [3.05, 3.63) is 72.7 Å². The normalized spacial score (nSPS) is 11.4. The van der Waals surface area contributed by atoms with Gasteiger partial charge in [-0.05, 0) is 42.5 Å². The minimum Gasteiger partial charge on any atom is -0.344 e. The van der Waals surface area contributed by atoms with E-state index >= 15 is 0 Å². The predicted molar refractivity (Wildman–Crippen MR) is 103 cm³/mol. The number of pyridine rings is 2. The molecule has 146 valence electrons. The molecule has 0 bridgehead atoms. The van der Waals surface area contributed by atoms with E-state index in [-0.39, 0.29) is 5.69 Å². The first kappa shape index (κ1) is 18.5. The van der Waals surface area contributed by atoms with Crippen LogP contribution < -0.4 is 10.6 Å². The number of amides is 2. The van der Waals surface area contributed by atoms with Gasteiger partial charge in [0.05, 0.1) is 22.3 Å². The van der Waals surface area contributed by atoms with E-state index in [0.29, 0.717) is 22.4 Å². The van der Waals surface area contributed by atoms with Gasteiger partial charge >= 0.3 is 12.2 Å². The molecule has 0 aliphatic heterocycles. The standard InChI is InChI=1S/C20H14F3N5O/c21-20(22,23)12-4-6-13(7-5-12)27-19(29)28-16-11-26-18-17(16)14(8-10-25-18)15-3-1-2-9-24-15/h1-11H,(H,25,26)(H2,27,28,29). The van der Waals surface area contributed by atoms with Crippen LogP contribution in [-0.2, 0) is 6.18 Å². The summed E-state index contributed by atoms with van der Waals surface area (Å²) in [5.74, 6) is 0. The molecule has 29 heavy (non-hydrogen) atoms. The lowest BCUT2D eigenvalue weighted by atomic mass is 10.1. The van der Waals surface area contributed by atoms with Crippen molar-refractivity contribution < 1.29 is 18.0 Å². The Balaban J connectivity index is 1.57. The first-order valence-corrected chi connectivity index (χ1v) is 8.54. The van der Waals surface area contributed by atoms with Gasteiger partial charge in [0.1, 0.15) is 5.65 Å². The number of aromatic nitrogens is 3. The van der Waals surface area contributed by atoms with Crippen molar-refractivity contribution in [2.45, 2.75) is 6.18 Å². The molecule has 6 nitrogen and oxygen atoms in total. The van der Waals surface area contributed by atoms with Gasteiger partial charge in [-0.15, -0.1) is 0 Å². The zero-order valence-corrected chi connectivity index (χ0v) is 14.8. The van der Waals surface area contributed by atoms with Gasteiger partial charge in [-0.2, -0.15) is 13.2 Å². The van der Waals surface area contributed by atoms with Crippen LogP contribution in [0.1, 0.15) is 5.56 Å². The third kappa shape index (κ3) is 3.88. The average molecular weight is 397 g/mol. The van der Waals surface area contributed by atoms with Crippen molar-refractivity contribution in [2.24, 2.45) is 0 Å². The molecule has 4 aromatic rings. The zero-order valence-electron chi connectivity index (χ0n) is 14.8. The molecule has 1 aromatic carbocycles. The number of alkyl halides is 3. The highest BCUT2D eigenvalue weighted by atomic mass is 19.4. The second-order valence-corrected chi connectivity index (χ2v) is 6.15. The van der Waals surface area contributed by atoms with E-state index in [1.807, 2.05) is 12.1 Å². The van der Waals surface area contributed by atoms with E-state index in [1.54, 1.807) is 30.7 Å². The number of benzene rings is 1. The van der Waals surface area contributed by atoms with Crippen molar-refractivity contribution in [1.29, 1.82) is 0 Å². The van der Waals surface area contributed by atoms with E-state index in [0.717, 1.165) is 17.7 Å². The van der Waals surface area contributed by atoms with Crippen molar-refractivity contribution in [2.75, 3.05) is 10.6 Å². The van der Waals surface area contributed by atoms with Gasteiger partial charge in [0.2, 0.25) is 0 Å². The molecule has 2 amide bonds. The summed E-state index contributed by atoms with van der Waals surface area (Å²) in [7, 11) is 0. The monoisotopic (exact) mass is 397 g/mol. The fraction of sp³-hybridized carbons (Fsp3) is 0.0500. The maximum atomic E-state index is 12.6. The summed E-state index contributed by atoms with van der Waals surface area (Å²) < 4.78 is 37.9. The number of nitrogens with one attached hydrogen (secondary N) is 3. The fourth-order valence-corrected chi connectivity index (χ4v) is 2.92. The first-order valence-electron chi connectivity index (χ1n) is 8.54. The van der Waals surface area contributed by atoms with Gasteiger partial charge in [0.25, 0.3) is 0 Å². The van der Waals surface area contributed by atoms with E-state index in [4.69, 9.17) is 0 Å². The third-order valence-corrected chi connectivity index (χ3v) is 4.23. The number of hydrogen-bond acceptors (Lipinski definition) is 3. The number of fused-ring (bicyclic) bond motifs is 1. The molecule has 0 saturated heterocycles. The molecule has 9 heteroatoms.